The number of halogens is 1. The lowest BCUT2D eigenvalue weighted by Crippen LogP contribution is -1.77. The zero-order chi connectivity index (χ0) is 15.4. The minimum absolute atomic E-state index is 0.292. The van der Waals surface area contributed by atoms with E-state index in [1.807, 2.05) is 18.2 Å². The molecule has 0 aliphatic heterocycles. The lowest BCUT2D eigenvalue weighted by molar-refractivity contribution is 0.575. The maximum Gasteiger partial charge on any atom is 0.145 e. The zero-order valence-corrected chi connectivity index (χ0v) is 11.5. The van der Waals surface area contributed by atoms with Crippen LogP contribution in [0.15, 0.2) is 70.1 Å². The standard InChI is InChI=1S/C18H11FN2O/c19-15-5-7-16(8-6-15)21-12-17-9-10-18(22-17)14-3-1-13(11-20)2-4-14/h1-10,12H. The Morgan fingerprint density at radius 3 is 2.36 bits per heavy atom. The van der Waals surface area contributed by atoms with Crippen LogP contribution in [0.2, 0.25) is 0 Å². The van der Waals surface area contributed by atoms with E-state index in [0.29, 0.717) is 22.8 Å². The third kappa shape index (κ3) is 3.10. The van der Waals surface area contributed by atoms with E-state index in [2.05, 4.69) is 11.1 Å². The first kappa shape index (κ1) is 13.8. The molecule has 0 amide bonds. The fourth-order valence-corrected chi connectivity index (χ4v) is 1.95. The highest BCUT2D eigenvalue weighted by Gasteiger charge is 2.03. The fourth-order valence-electron chi connectivity index (χ4n) is 1.95. The van der Waals surface area contributed by atoms with Crippen molar-refractivity contribution < 1.29 is 8.81 Å². The van der Waals surface area contributed by atoms with E-state index in [1.165, 1.54) is 12.1 Å². The number of aliphatic imine (C=N–C) groups is 1. The summed E-state index contributed by atoms with van der Waals surface area (Å²) >= 11 is 0. The lowest BCUT2D eigenvalue weighted by Gasteiger charge is -1.96. The summed E-state index contributed by atoms with van der Waals surface area (Å²) in [6, 6.07) is 18.8. The molecule has 0 atom stereocenters. The molecule has 0 saturated heterocycles. The number of benzene rings is 2. The van der Waals surface area contributed by atoms with Gasteiger partial charge in [-0.15, -0.1) is 0 Å². The van der Waals surface area contributed by atoms with Crippen LogP contribution in [0, 0.1) is 17.1 Å². The molecule has 0 aliphatic carbocycles. The van der Waals surface area contributed by atoms with E-state index in [4.69, 9.17) is 9.68 Å². The Morgan fingerprint density at radius 1 is 0.955 bits per heavy atom. The molecule has 1 aromatic heterocycles. The summed E-state index contributed by atoms with van der Waals surface area (Å²) in [7, 11) is 0. The minimum Gasteiger partial charge on any atom is -0.455 e. The van der Waals surface area contributed by atoms with E-state index in [9.17, 15) is 4.39 Å². The van der Waals surface area contributed by atoms with Gasteiger partial charge < -0.3 is 4.42 Å². The first-order valence-electron chi connectivity index (χ1n) is 6.64. The van der Waals surface area contributed by atoms with Gasteiger partial charge >= 0.3 is 0 Å². The number of rotatable bonds is 3. The van der Waals surface area contributed by atoms with Crippen molar-refractivity contribution in [1.29, 1.82) is 5.26 Å². The highest BCUT2D eigenvalue weighted by atomic mass is 19.1. The SMILES string of the molecule is N#Cc1ccc(-c2ccc(C=Nc3ccc(F)cc3)o2)cc1. The van der Waals surface area contributed by atoms with Gasteiger partial charge in [-0.1, -0.05) is 0 Å². The molecule has 22 heavy (non-hydrogen) atoms. The Hall–Kier alpha value is -3.19. The lowest BCUT2D eigenvalue weighted by atomic mass is 10.1. The van der Waals surface area contributed by atoms with Crippen molar-refractivity contribution in [3.63, 3.8) is 0 Å². The van der Waals surface area contributed by atoms with E-state index in [-0.39, 0.29) is 5.82 Å². The maximum absolute atomic E-state index is 12.8. The molecule has 4 heteroatoms. The second-order valence-corrected chi connectivity index (χ2v) is 4.63. The molecule has 0 spiro atoms. The zero-order valence-electron chi connectivity index (χ0n) is 11.5. The minimum atomic E-state index is -0.292. The molecule has 0 N–H and O–H groups in total. The molecular weight excluding hydrogens is 279 g/mol. The first-order chi connectivity index (χ1) is 10.7. The third-order valence-corrected chi connectivity index (χ3v) is 3.09. The van der Waals surface area contributed by atoms with Crippen LogP contribution in [-0.4, -0.2) is 6.21 Å². The Balaban J connectivity index is 1.78. The van der Waals surface area contributed by atoms with E-state index >= 15 is 0 Å². The largest absolute Gasteiger partial charge is 0.455 e. The third-order valence-electron chi connectivity index (χ3n) is 3.09. The van der Waals surface area contributed by atoms with E-state index < -0.39 is 0 Å². The first-order valence-corrected chi connectivity index (χ1v) is 6.64. The second-order valence-electron chi connectivity index (χ2n) is 4.63. The maximum atomic E-state index is 12.8. The van der Waals surface area contributed by atoms with Crippen LogP contribution in [0.1, 0.15) is 11.3 Å². The van der Waals surface area contributed by atoms with Crippen molar-refractivity contribution in [1.82, 2.24) is 0 Å². The smallest absolute Gasteiger partial charge is 0.145 e. The van der Waals surface area contributed by atoms with Gasteiger partial charge in [0, 0.05) is 5.56 Å². The summed E-state index contributed by atoms with van der Waals surface area (Å²) in [6.07, 6.45) is 1.58. The molecule has 3 aromatic rings. The van der Waals surface area contributed by atoms with Crippen molar-refractivity contribution in [2.24, 2.45) is 4.99 Å². The van der Waals surface area contributed by atoms with Crippen molar-refractivity contribution >= 4 is 11.9 Å². The summed E-state index contributed by atoms with van der Waals surface area (Å²) in [4.78, 5) is 4.22. The highest BCUT2D eigenvalue weighted by molar-refractivity contribution is 5.79. The average Bonchev–Trinajstić information content (AvgIpc) is 3.03. The van der Waals surface area contributed by atoms with Crippen molar-refractivity contribution in [3.8, 4) is 17.4 Å². The number of hydrogen-bond acceptors (Lipinski definition) is 3. The van der Waals surface area contributed by atoms with E-state index in [0.717, 1.165) is 5.56 Å². The van der Waals surface area contributed by atoms with Crippen molar-refractivity contribution in [2.75, 3.05) is 0 Å². The molecular formula is C18H11FN2O. The van der Waals surface area contributed by atoms with Gasteiger partial charge in [0.15, 0.2) is 0 Å². The Bertz CT molecular complexity index is 840. The number of nitriles is 1. The Morgan fingerprint density at radius 2 is 1.68 bits per heavy atom. The normalized spacial score (nSPS) is 10.7. The summed E-state index contributed by atoms with van der Waals surface area (Å²) in [5, 5.41) is 8.78. The van der Waals surface area contributed by atoms with Crippen molar-refractivity contribution in [3.05, 3.63) is 77.8 Å². The van der Waals surface area contributed by atoms with Gasteiger partial charge in [-0.25, -0.2) is 4.39 Å². The molecule has 106 valence electrons. The summed E-state index contributed by atoms with van der Waals surface area (Å²) < 4.78 is 18.5. The molecule has 0 saturated carbocycles. The average molecular weight is 290 g/mol. The van der Waals surface area contributed by atoms with Crippen LogP contribution < -0.4 is 0 Å². The Kier molecular flexibility index (Phi) is 3.80. The topological polar surface area (TPSA) is 49.3 Å². The van der Waals surface area contributed by atoms with Gasteiger partial charge in [0.25, 0.3) is 0 Å². The molecule has 0 bridgehead atoms. The summed E-state index contributed by atoms with van der Waals surface area (Å²) in [6.45, 7) is 0. The second kappa shape index (κ2) is 6.06. The van der Waals surface area contributed by atoms with E-state index in [1.54, 1.807) is 36.5 Å². The van der Waals surface area contributed by atoms with Gasteiger partial charge in [-0.05, 0) is 60.7 Å². The predicted octanol–water partition coefficient (Wildman–Crippen LogP) is 4.71. The molecule has 0 unspecified atom stereocenters. The molecule has 0 fully saturated rings. The molecule has 1 heterocycles. The van der Waals surface area contributed by atoms with Gasteiger partial charge in [0.1, 0.15) is 17.3 Å². The van der Waals surface area contributed by atoms with Gasteiger partial charge in [-0.3, -0.25) is 4.99 Å². The Labute approximate surface area is 127 Å². The molecule has 2 aromatic carbocycles. The van der Waals surface area contributed by atoms with Crippen LogP contribution in [0.4, 0.5) is 10.1 Å². The summed E-state index contributed by atoms with van der Waals surface area (Å²) in [5.41, 5.74) is 2.14. The molecule has 0 aliphatic rings. The van der Waals surface area contributed by atoms with Crippen LogP contribution >= 0.6 is 0 Å². The monoisotopic (exact) mass is 290 g/mol. The number of nitrogens with zero attached hydrogens (tertiary/aromatic N) is 2. The molecule has 0 radical (unpaired) electrons. The van der Waals surface area contributed by atoms with Crippen LogP contribution in [-0.2, 0) is 0 Å². The van der Waals surface area contributed by atoms with Gasteiger partial charge in [0.05, 0.1) is 23.5 Å². The number of furan rings is 1. The fraction of sp³-hybridized carbons (Fsp3) is 0. The quantitative estimate of drug-likeness (QED) is 0.656. The predicted molar refractivity (Wildman–Crippen MR) is 82.5 cm³/mol. The van der Waals surface area contributed by atoms with Crippen LogP contribution in [0.3, 0.4) is 0 Å². The van der Waals surface area contributed by atoms with Gasteiger partial charge in [-0.2, -0.15) is 5.26 Å². The molecule has 3 rings (SSSR count). The van der Waals surface area contributed by atoms with Gasteiger partial charge in [0.2, 0.25) is 0 Å². The van der Waals surface area contributed by atoms with Crippen molar-refractivity contribution in [2.45, 2.75) is 0 Å². The highest BCUT2D eigenvalue weighted by Crippen LogP contribution is 2.22. The molecule has 3 nitrogen and oxygen atoms in total. The van der Waals surface area contributed by atoms with Crippen LogP contribution in [0.25, 0.3) is 11.3 Å². The van der Waals surface area contributed by atoms with Crippen LogP contribution in [0.5, 0.6) is 0 Å². The summed E-state index contributed by atoms with van der Waals surface area (Å²) in [5.74, 6) is 1.01. The number of hydrogen-bond donors (Lipinski definition) is 0.